The van der Waals surface area contributed by atoms with Gasteiger partial charge in [-0.25, -0.2) is 10.2 Å². The van der Waals surface area contributed by atoms with Gasteiger partial charge in [0, 0.05) is 15.4 Å². The summed E-state index contributed by atoms with van der Waals surface area (Å²) in [5, 5.41) is 14.1. The number of halogens is 2. The molecule has 0 unspecified atom stereocenters. The third-order valence-electron chi connectivity index (χ3n) is 4.17. The standard InChI is InChI=1S/C21H12BrClN2O5/c22-13-2-5-17-12(7-13)9-19(30-17)20(26)25-24-10-14-3-6-18(29-14)15-8-11(21(27)28)1-4-16(15)23/h1-10H,(H,25,26)(H,27,28)/b24-10+. The zero-order chi connectivity index (χ0) is 21.3. The Morgan fingerprint density at radius 3 is 2.70 bits per heavy atom. The number of nitrogens with zero attached hydrogens (tertiary/aromatic N) is 1. The van der Waals surface area contributed by atoms with Crippen molar-refractivity contribution in [3.8, 4) is 11.3 Å². The number of carboxylic acid groups (broad SMARTS) is 1. The number of amides is 1. The predicted octanol–water partition coefficient (Wildman–Crippen LogP) is 5.57. The molecule has 30 heavy (non-hydrogen) atoms. The van der Waals surface area contributed by atoms with Gasteiger partial charge in [0.1, 0.15) is 17.1 Å². The molecule has 0 radical (unpaired) electrons. The zero-order valence-corrected chi connectivity index (χ0v) is 17.4. The second-order valence-electron chi connectivity index (χ2n) is 6.19. The van der Waals surface area contributed by atoms with Crippen LogP contribution in [0.2, 0.25) is 5.02 Å². The fourth-order valence-electron chi connectivity index (χ4n) is 2.75. The molecule has 0 fully saturated rings. The topological polar surface area (TPSA) is 105 Å². The van der Waals surface area contributed by atoms with Crippen LogP contribution in [0.5, 0.6) is 0 Å². The smallest absolute Gasteiger partial charge is 0.335 e. The number of carboxylic acids is 1. The number of carbonyl (C=O) groups is 2. The molecule has 0 bridgehead atoms. The maximum absolute atomic E-state index is 12.2. The van der Waals surface area contributed by atoms with Crippen molar-refractivity contribution in [2.75, 3.05) is 0 Å². The molecule has 2 aromatic carbocycles. The Morgan fingerprint density at radius 1 is 1.07 bits per heavy atom. The van der Waals surface area contributed by atoms with Gasteiger partial charge in [0.15, 0.2) is 5.76 Å². The highest BCUT2D eigenvalue weighted by molar-refractivity contribution is 9.10. The minimum absolute atomic E-state index is 0.0890. The molecule has 0 saturated carbocycles. The summed E-state index contributed by atoms with van der Waals surface area (Å²) >= 11 is 9.51. The van der Waals surface area contributed by atoms with Crippen molar-refractivity contribution in [1.82, 2.24) is 5.43 Å². The van der Waals surface area contributed by atoms with Crippen LogP contribution in [0.1, 0.15) is 26.7 Å². The van der Waals surface area contributed by atoms with Crippen molar-refractivity contribution in [1.29, 1.82) is 0 Å². The first-order valence-corrected chi connectivity index (χ1v) is 9.73. The first-order valence-electron chi connectivity index (χ1n) is 8.56. The van der Waals surface area contributed by atoms with E-state index < -0.39 is 11.9 Å². The number of fused-ring (bicyclic) bond motifs is 1. The molecule has 2 aromatic heterocycles. The SMILES string of the molecule is O=C(O)c1ccc(Cl)c(-c2ccc(/C=N/NC(=O)c3cc4cc(Br)ccc4o3)o2)c1. The lowest BCUT2D eigenvalue weighted by molar-refractivity contribution is 0.0696. The first kappa shape index (κ1) is 19.9. The van der Waals surface area contributed by atoms with Crippen LogP contribution in [0, 0.1) is 0 Å². The molecule has 4 rings (SSSR count). The van der Waals surface area contributed by atoms with E-state index in [1.54, 1.807) is 24.3 Å². The summed E-state index contributed by atoms with van der Waals surface area (Å²) in [6.07, 6.45) is 1.32. The van der Waals surface area contributed by atoms with Gasteiger partial charge in [-0.3, -0.25) is 4.79 Å². The van der Waals surface area contributed by atoms with Gasteiger partial charge in [-0.2, -0.15) is 5.10 Å². The van der Waals surface area contributed by atoms with E-state index in [1.165, 1.54) is 24.4 Å². The van der Waals surface area contributed by atoms with Crippen molar-refractivity contribution in [2.24, 2.45) is 5.10 Å². The fraction of sp³-hybridized carbons (Fsp3) is 0. The van der Waals surface area contributed by atoms with Crippen molar-refractivity contribution in [2.45, 2.75) is 0 Å². The summed E-state index contributed by atoms with van der Waals surface area (Å²) in [5.41, 5.74) is 3.48. The highest BCUT2D eigenvalue weighted by Crippen LogP contribution is 2.30. The van der Waals surface area contributed by atoms with Crippen molar-refractivity contribution >= 4 is 56.6 Å². The molecule has 9 heteroatoms. The molecule has 0 spiro atoms. The largest absolute Gasteiger partial charge is 0.478 e. The lowest BCUT2D eigenvalue weighted by Crippen LogP contribution is -2.16. The van der Waals surface area contributed by atoms with Gasteiger partial charge >= 0.3 is 11.9 Å². The van der Waals surface area contributed by atoms with Gasteiger partial charge < -0.3 is 13.9 Å². The number of nitrogens with one attached hydrogen (secondary N) is 1. The minimum atomic E-state index is -1.07. The average Bonchev–Trinajstić information content (AvgIpc) is 3.34. The van der Waals surface area contributed by atoms with E-state index in [0.29, 0.717) is 27.7 Å². The Kier molecular flexibility index (Phi) is 5.43. The van der Waals surface area contributed by atoms with Crippen LogP contribution < -0.4 is 5.43 Å². The van der Waals surface area contributed by atoms with Gasteiger partial charge in [-0.15, -0.1) is 0 Å². The first-order chi connectivity index (χ1) is 14.4. The highest BCUT2D eigenvalue weighted by Gasteiger charge is 2.13. The van der Waals surface area contributed by atoms with Gasteiger partial charge in [0.05, 0.1) is 16.8 Å². The summed E-state index contributed by atoms with van der Waals surface area (Å²) < 4.78 is 12.0. The Labute approximate surface area is 183 Å². The van der Waals surface area contributed by atoms with E-state index in [9.17, 15) is 9.59 Å². The Morgan fingerprint density at radius 2 is 1.90 bits per heavy atom. The maximum Gasteiger partial charge on any atom is 0.335 e. The molecule has 4 aromatic rings. The van der Waals surface area contributed by atoms with Crippen LogP contribution >= 0.6 is 27.5 Å². The molecule has 2 N–H and O–H groups in total. The zero-order valence-electron chi connectivity index (χ0n) is 15.1. The number of benzene rings is 2. The second kappa shape index (κ2) is 8.17. The second-order valence-corrected chi connectivity index (χ2v) is 7.52. The van der Waals surface area contributed by atoms with Gasteiger partial charge in [0.2, 0.25) is 0 Å². The number of hydrogen-bond donors (Lipinski definition) is 2. The minimum Gasteiger partial charge on any atom is -0.478 e. The number of furan rings is 2. The highest BCUT2D eigenvalue weighted by atomic mass is 79.9. The molecule has 0 atom stereocenters. The lowest BCUT2D eigenvalue weighted by Gasteiger charge is -2.02. The molecule has 0 aliphatic rings. The molecule has 1 amide bonds. The lowest BCUT2D eigenvalue weighted by atomic mass is 10.1. The van der Waals surface area contributed by atoms with Crippen molar-refractivity contribution in [3.63, 3.8) is 0 Å². The Balaban J connectivity index is 1.47. The fourth-order valence-corrected chi connectivity index (χ4v) is 3.34. The van der Waals surface area contributed by atoms with E-state index in [2.05, 4.69) is 26.5 Å². The summed E-state index contributed by atoms with van der Waals surface area (Å²) in [6.45, 7) is 0. The molecule has 7 nitrogen and oxygen atoms in total. The Bertz CT molecular complexity index is 1310. The van der Waals surface area contributed by atoms with E-state index >= 15 is 0 Å². The van der Waals surface area contributed by atoms with Crippen LogP contribution in [0.4, 0.5) is 0 Å². The molecule has 0 saturated heterocycles. The van der Waals surface area contributed by atoms with Crippen molar-refractivity contribution < 1.29 is 23.5 Å². The number of aromatic carboxylic acids is 1. The average molecular weight is 488 g/mol. The Hall–Kier alpha value is -3.36. The van der Waals surface area contributed by atoms with Crippen LogP contribution in [0.15, 0.2) is 73.0 Å². The van der Waals surface area contributed by atoms with Crippen LogP contribution in [-0.2, 0) is 0 Å². The van der Waals surface area contributed by atoms with Gasteiger partial charge in [0.25, 0.3) is 0 Å². The van der Waals surface area contributed by atoms with Crippen LogP contribution in [-0.4, -0.2) is 23.2 Å². The monoisotopic (exact) mass is 486 g/mol. The molecular weight excluding hydrogens is 476 g/mol. The predicted molar refractivity (Wildman–Crippen MR) is 115 cm³/mol. The van der Waals surface area contributed by atoms with E-state index in [-0.39, 0.29) is 11.3 Å². The number of hydrazone groups is 1. The van der Waals surface area contributed by atoms with E-state index in [0.717, 1.165) is 9.86 Å². The summed E-state index contributed by atoms with van der Waals surface area (Å²) in [5.74, 6) is -0.739. The maximum atomic E-state index is 12.2. The summed E-state index contributed by atoms with van der Waals surface area (Å²) in [6, 6.07) is 14.6. The van der Waals surface area contributed by atoms with Gasteiger partial charge in [-0.1, -0.05) is 27.5 Å². The third-order valence-corrected chi connectivity index (χ3v) is 4.99. The molecule has 0 aliphatic heterocycles. The van der Waals surface area contributed by atoms with Crippen molar-refractivity contribution in [3.05, 3.63) is 81.2 Å². The summed E-state index contributed by atoms with van der Waals surface area (Å²) in [4.78, 5) is 23.4. The van der Waals surface area contributed by atoms with Crippen LogP contribution in [0.3, 0.4) is 0 Å². The molecule has 2 heterocycles. The normalized spacial score (nSPS) is 11.3. The number of carbonyl (C=O) groups excluding carboxylic acids is 1. The summed E-state index contributed by atoms with van der Waals surface area (Å²) in [7, 11) is 0. The van der Waals surface area contributed by atoms with Gasteiger partial charge in [-0.05, 0) is 54.6 Å². The molecule has 150 valence electrons. The molecule has 0 aliphatic carbocycles. The van der Waals surface area contributed by atoms with E-state index in [1.807, 2.05) is 12.1 Å². The third kappa shape index (κ3) is 4.14. The number of rotatable bonds is 5. The van der Waals surface area contributed by atoms with Crippen LogP contribution in [0.25, 0.3) is 22.3 Å². The quantitative estimate of drug-likeness (QED) is 0.283. The molecular formula is C21H12BrClN2O5. The van der Waals surface area contributed by atoms with E-state index in [4.69, 9.17) is 25.5 Å². The number of hydrogen-bond acceptors (Lipinski definition) is 5.